The number of benzene rings is 1. The molecule has 3 heteroatoms. The summed E-state index contributed by atoms with van der Waals surface area (Å²) < 4.78 is 5.62. The van der Waals surface area contributed by atoms with Crippen LogP contribution in [0.2, 0.25) is 0 Å². The maximum atomic E-state index is 5.62. The third-order valence-corrected chi connectivity index (χ3v) is 4.66. The molecule has 0 spiro atoms. The van der Waals surface area contributed by atoms with Crippen LogP contribution in [0.1, 0.15) is 44.6 Å². The quantitative estimate of drug-likeness (QED) is 0.794. The van der Waals surface area contributed by atoms with Gasteiger partial charge in [-0.3, -0.25) is 0 Å². The van der Waals surface area contributed by atoms with Gasteiger partial charge in [-0.25, -0.2) is 0 Å². The standard InChI is InChI=1S/C18H30N2O/c1-4-13-21-17-9-7-16(8-10-17)14-19-15-18(20(2)3)11-5-6-12-18/h7-10,19H,4-6,11-15H2,1-3H3. The summed E-state index contributed by atoms with van der Waals surface area (Å²) >= 11 is 0. The topological polar surface area (TPSA) is 24.5 Å². The Hall–Kier alpha value is -1.06. The van der Waals surface area contributed by atoms with Crippen LogP contribution in [-0.4, -0.2) is 37.7 Å². The normalized spacial score (nSPS) is 17.3. The third kappa shape index (κ3) is 4.45. The van der Waals surface area contributed by atoms with E-state index >= 15 is 0 Å². The van der Waals surface area contributed by atoms with Gasteiger partial charge in [0.25, 0.3) is 0 Å². The van der Waals surface area contributed by atoms with E-state index in [4.69, 9.17) is 4.74 Å². The van der Waals surface area contributed by atoms with Crippen molar-refractivity contribution in [2.45, 2.75) is 51.1 Å². The lowest BCUT2D eigenvalue weighted by Gasteiger charge is -2.36. The van der Waals surface area contributed by atoms with E-state index in [0.717, 1.165) is 31.9 Å². The van der Waals surface area contributed by atoms with E-state index in [-0.39, 0.29) is 0 Å². The highest BCUT2D eigenvalue weighted by atomic mass is 16.5. The molecule has 2 rings (SSSR count). The fourth-order valence-electron chi connectivity index (χ4n) is 3.18. The molecule has 1 fully saturated rings. The third-order valence-electron chi connectivity index (χ3n) is 4.66. The van der Waals surface area contributed by atoms with Crippen molar-refractivity contribution in [2.24, 2.45) is 0 Å². The molecule has 0 saturated heterocycles. The molecule has 0 aliphatic heterocycles. The fourth-order valence-corrected chi connectivity index (χ4v) is 3.18. The van der Waals surface area contributed by atoms with E-state index in [2.05, 4.69) is 55.5 Å². The molecule has 1 aliphatic rings. The van der Waals surface area contributed by atoms with Crippen LogP contribution in [0.5, 0.6) is 5.75 Å². The Morgan fingerprint density at radius 3 is 2.38 bits per heavy atom. The van der Waals surface area contributed by atoms with Crippen molar-refractivity contribution >= 4 is 0 Å². The molecule has 1 N–H and O–H groups in total. The molecule has 1 aromatic rings. The molecule has 0 bridgehead atoms. The molecule has 0 heterocycles. The van der Waals surface area contributed by atoms with Gasteiger partial charge in [0.15, 0.2) is 0 Å². The van der Waals surface area contributed by atoms with Crippen LogP contribution in [0, 0.1) is 0 Å². The Balaban J connectivity index is 1.80. The fraction of sp³-hybridized carbons (Fsp3) is 0.667. The minimum Gasteiger partial charge on any atom is -0.494 e. The summed E-state index contributed by atoms with van der Waals surface area (Å²) in [6.45, 7) is 4.93. The summed E-state index contributed by atoms with van der Waals surface area (Å²) in [6.07, 6.45) is 6.41. The van der Waals surface area contributed by atoms with Gasteiger partial charge in [0.1, 0.15) is 5.75 Å². The number of ether oxygens (including phenoxy) is 1. The van der Waals surface area contributed by atoms with Gasteiger partial charge in [0.05, 0.1) is 6.61 Å². The number of hydrogen-bond acceptors (Lipinski definition) is 3. The summed E-state index contributed by atoms with van der Waals surface area (Å²) in [7, 11) is 4.43. The Morgan fingerprint density at radius 2 is 1.81 bits per heavy atom. The van der Waals surface area contributed by atoms with Gasteiger partial charge in [0.2, 0.25) is 0 Å². The van der Waals surface area contributed by atoms with Gasteiger partial charge in [-0.05, 0) is 51.1 Å². The predicted molar refractivity (Wildman–Crippen MR) is 88.8 cm³/mol. The molecule has 0 aromatic heterocycles. The molecule has 1 aliphatic carbocycles. The second-order valence-electron chi connectivity index (χ2n) is 6.42. The van der Waals surface area contributed by atoms with Crippen LogP contribution in [0.3, 0.4) is 0 Å². The first kappa shape index (κ1) is 16.3. The SMILES string of the molecule is CCCOc1ccc(CNCC2(N(C)C)CCCC2)cc1. The smallest absolute Gasteiger partial charge is 0.119 e. The van der Waals surface area contributed by atoms with Crippen molar-refractivity contribution in [2.75, 3.05) is 27.2 Å². The summed E-state index contributed by atoms with van der Waals surface area (Å²) in [5, 5.41) is 3.65. The lowest BCUT2D eigenvalue weighted by atomic mass is 9.96. The highest BCUT2D eigenvalue weighted by Gasteiger charge is 2.35. The zero-order valence-corrected chi connectivity index (χ0v) is 13.8. The molecule has 3 nitrogen and oxygen atoms in total. The summed E-state index contributed by atoms with van der Waals surface area (Å²) in [4.78, 5) is 2.41. The zero-order chi connectivity index (χ0) is 15.1. The van der Waals surface area contributed by atoms with E-state index in [1.165, 1.54) is 31.2 Å². The summed E-state index contributed by atoms with van der Waals surface area (Å²) in [5.74, 6) is 0.973. The Kier molecular flexibility index (Phi) is 6.07. The number of hydrogen-bond donors (Lipinski definition) is 1. The first-order valence-electron chi connectivity index (χ1n) is 8.26. The molecule has 0 unspecified atom stereocenters. The van der Waals surface area contributed by atoms with E-state index in [0.29, 0.717) is 5.54 Å². The first-order chi connectivity index (χ1) is 10.2. The van der Waals surface area contributed by atoms with Crippen molar-refractivity contribution < 1.29 is 4.74 Å². The Bertz CT molecular complexity index is 408. The zero-order valence-electron chi connectivity index (χ0n) is 13.8. The second kappa shape index (κ2) is 7.81. The van der Waals surface area contributed by atoms with E-state index in [1.807, 2.05) is 0 Å². The van der Waals surface area contributed by atoms with Crippen LogP contribution in [0.15, 0.2) is 24.3 Å². The lowest BCUT2D eigenvalue weighted by molar-refractivity contribution is 0.153. The van der Waals surface area contributed by atoms with Gasteiger partial charge in [-0.1, -0.05) is 31.9 Å². The maximum absolute atomic E-state index is 5.62. The minimum absolute atomic E-state index is 0.365. The van der Waals surface area contributed by atoms with Crippen molar-refractivity contribution in [1.82, 2.24) is 10.2 Å². The van der Waals surface area contributed by atoms with Gasteiger partial charge in [-0.2, -0.15) is 0 Å². The van der Waals surface area contributed by atoms with Crippen LogP contribution >= 0.6 is 0 Å². The van der Waals surface area contributed by atoms with Gasteiger partial charge >= 0.3 is 0 Å². The molecule has 1 saturated carbocycles. The molecule has 118 valence electrons. The van der Waals surface area contributed by atoms with Gasteiger partial charge in [0, 0.05) is 18.6 Å². The molecule has 1 aromatic carbocycles. The average molecular weight is 290 g/mol. The first-order valence-corrected chi connectivity index (χ1v) is 8.26. The minimum atomic E-state index is 0.365. The van der Waals surface area contributed by atoms with Crippen LogP contribution in [0.4, 0.5) is 0 Å². The summed E-state index contributed by atoms with van der Waals surface area (Å²) in [6, 6.07) is 8.47. The molecule has 0 radical (unpaired) electrons. The molecule has 21 heavy (non-hydrogen) atoms. The van der Waals surface area contributed by atoms with Gasteiger partial charge < -0.3 is 15.0 Å². The Labute approximate surface area is 129 Å². The number of likely N-dealkylation sites (N-methyl/N-ethyl adjacent to an activating group) is 1. The summed E-state index contributed by atoms with van der Waals surface area (Å²) in [5.41, 5.74) is 1.69. The highest BCUT2D eigenvalue weighted by molar-refractivity contribution is 5.27. The van der Waals surface area contributed by atoms with Crippen molar-refractivity contribution in [1.29, 1.82) is 0 Å². The molecular formula is C18H30N2O. The van der Waals surface area contributed by atoms with Crippen LogP contribution in [-0.2, 0) is 6.54 Å². The lowest BCUT2D eigenvalue weighted by Crippen LogP contribution is -2.49. The van der Waals surface area contributed by atoms with E-state index < -0.39 is 0 Å². The van der Waals surface area contributed by atoms with Crippen molar-refractivity contribution in [3.8, 4) is 5.75 Å². The van der Waals surface area contributed by atoms with Crippen molar-refractivity contribution in [3.63, 3.8) is 0 Å². The highest BCUT2D eigenvalue weighted by Crippen LogP contribution is 2.33. The number of nitrogens with one attached hydrogen (secondary N) is 1. The maximum Gasteiger partial charge on any atom is 0.119 e. The molecule has 0 amide bonds. The van der Waals surface area contributed by atoms with Gasteiger partial charge in [-0.15, -0.1) is 0 Å². The largest absolute Gasteiger partial charge is 0.494 e. The van der Waals surface area contributed by atoms with Crippen LogP contribution in [0.25, 0.3) is 0 Å². The molecular weight excluding hydrogens is 260 g/mol. The second-order valence-corrected chi connectivity index (χ2v) is 6.42. The number of nitrogens with zero attached hydrogens (tertiary/aromatic N) is 1. The Morgan fingerprint density at radius 1 is 1.14 bits per heavy atom. The van der Waals surface area contributed by atoms with Crippen molar-refractivity contribution in [3.05, 3.63) is 29.8 Å². The monoisotopic (exact) mass is 290 g/mol. The van der Waals surface area contributed by atoms with E-state index in [9.17, 15) is 0 Å². The predicted octanol–water partition coefficient (Wildman–Crippen LogP) is 3.44. The van der Waals surface area contributed by atoms with E-state index in [1.54, 1.807) is 0 Å². The molecule has 0 atom stereocenters. The average Bonchev–Trinajstić information content (AvgIpc) is 2.97. The number of rotatable bonds is 8. The van der Waals surface area contributed by atoms with Crippen LogP contribution < -0.4 is 10.1 Å².